The number of carbonyl (C=O) groups excluding carboxylic acids is 2. The molecule has 0 bridgehead atoms. The number of hydrogen-bond acceptors (Lipinski definition) is 6. The van der Waals surface area contributed by atoms with Crippen molar-refractivity contribution in [3.05, 3.63) is 64.8 Å². The summed E-state index contributed by atoms with van der Waals surface area (Å²) < 4.78 is 18.4. The minimum Gasteiger partial charge on any atom is -0.482 e. The molecule has 3 aromatic rings. The van der Waals surface area contributed by atoms with Gasteiger partial charge in [-0.25, -0.2) is 9.59 Å². The van der Waals surface area contributed by atoms with E-state index in [9.17, 15) is 19.5 Å². The van der Waals surface area contributed by atoms with Crippen molar-refractivity contribution in [1.29, 1.82) is 0 Å². The van der Waals surface area contributed by atoms with Crippen LogP contribution in [0.4, 0.5) is 4.79 Å². The molecule has 0 spiro atoms. The van der Waals surface area contributed by atoms with Gasteiger partial charge in [-0.3, -0.25) is 4.79 Å². The highest BCUT2D eigenvalue weighted by molar-refractivity contribution is 6.07. The predicted molar refractivity (Wildman–Crippen MR) is 164 cm³/mol. The minimum atomic E-state index is -1.04. The molecule has 2 N–H and O–H groups in total. The summed E-state index contributed by atoms with van der Waals surface area (Å²) in [4.78, 5) is 38.9. The van der Waals surface area contributed by atoms with Gasteiger partial charge in [-0.05, 0) is 75.6 Å². The first-order valence-corrected chi connectivity index (χ1v) is 14.8. The standard InChI is InChI=1S/C33H43N3O7/c1-22-7-6-8-25-27(20-36(30(22)25)17-18-41-5)31(39)35-15-12-24(13-16-35)26-19-23(9-10-28(26)42-21-29(37)38)11-14-34-32(40)43-33(2,3)4/h6-10,19-20,24H,11-18,21H2,1-5H3,(H,34,40)(H,37,38). The Bertz CT molecular complexity index is 1450. The Labute approximate surface area is 252 Å². The number of carboxylic acid groups (broad SMARTS) is 1. The molecule has 1 saturated heterocycles. The number of piperidine rings is 1. The first-order chi connectivity index (χ1) is 20.5. The van der Waals surface area contributed by atoms with Crippen LogP contribution in [0.1, 0.15) is 66.6 Å². The average molecular weight is 594 g/mol. The summed E-state index contributed by atoms with van der Waals surface area (Å²) in [6.45, 7) is 9.82. The van der Waals surface area contributed by atoms with Gasteiger partial charge in [0.1, 0.15) is 11.4 Å². The summed E-state index contributed by atoms with van der Waals surface area (Å²) in [5.41, 5.74) is 4.20. The third kappa shape index (κ3) is 8.28. The summed E-state index contributed by atoms with van der Waals surface area (Å²) in [6, 6.07) is 11.8. The molecule has 0 saturated carbocycles. The molecule has 2 aromatic carbocycles. The second-order valence-electron chi connectivity index (χ2n) is 12.0. The third-order valence-electron chi connectivity index (χ3n) is 7.60. The zero-order valence-electron chi connectivity index (χ0n) is 25.8. The monoisotopic (exact) mass is 593 g/mol. The number of carboxylic acids is 1. The molecule has 4 rings (SSSR count). The van der Waals surface area contributed by atoms with Crippen molar-refractivity contribution in [3.8, 4) is 5.75 Å². The molecule has 0 aliphatic carbocycles. The highest BCUT2D eigenvalue weighted by Gasteiger charge is 2.29. The van der Waals surface area contributed by atoms with Gasteiger partial charge in [0.05, 0.1) is 17.7 Å². The number of nitrogens with zero attached hydrogens (tertiary/aromatic N) is 2. The highest BCUT2D eigenvalue weighted by Crippen LogP contribution is 2.36. The summed E-state index contributed by atoms with van der Waals surface area (Å²) in [7, 11) is 1.67. The van der Waals surface area contributed by atoms with Gasteiger partial charge in [0, 0.05) is 44.9 Å². The van der Waals surface area contributed by atoms with Crippen LogP contribution >= 0.6 is 0 Å². The maximum Gasteiger partial charge on any atom is 0.407 e. The number of rotatable bonds is 11. The number of aryl methyl sites for hydroxylation is 1. The van der Waals surface area contributed by atoms with E-state index in [1.54, 1.807) is 13.2 Å². The number of aromatic nitrogens is 1. The number of alkyl carbamates (subject to hydrolysis) is 1. The number of aliphatic carboxylic acids is 1. The fourth-order valence-corrected chi connectivity index (χ4v) is 5.61. The number of hydrogen-bond donors (Lipinski definition) is 2. The smallest absolute Gasteiger partial charge is 0.407 e. The Morgan fingerprint density at radius 3 is 2.51 bits per heavy atom. The number of methoxy groups -OCH3 is 1. The number of nitrogens with one attached hydrogen (secondary N) is 1. The lowest BCUT2D eigenvalue weighted by atomic mass is 9.87. The number of carbonyl (C=O) groups is 3. The maximum atomic E-state index is 13.8. The Morgan fingerprint density at radius 2 is 1.84 bits per heavy atom. The van der Waals surface area contributed by atoms with E-state index < -0.39 is 24.3 Å². The molecule has 10 nitrogen and oxygen atoms in total. The molecular formula is C33H43N3O7. The number of ether oxygens (including phenoxy) is 3. The molecule has 0 atom stereocenters. The Balaban J connectivity index is 1.47. The quantitative estimate of drug-likeness (QED) is 0.316. The van der Waals surface area contributed by atoms with Crippen LogP contribution in [0.5, 0.6) is 5.75 Å². The van der Waals surface area contributed by atoms with E-state index >= 15 is 0 Å². The van der Waals surface area contributed by atoms with Crippen LogP contribution < -0.4 is 10.1 Å². The molecular weight excluding hydrogens is 550 g/mol. The molecule has 1 aliphatic rings. The molecule has 10 heteroatoms. The number of amides is 2. The Hall–Kier alpha value is -4.05. The van der Waals surface area contributed by atoms with E-state index in [4.69, 9.17) is 14.2 Å². The summed E-state index contributed by atoms with van der Waals surface area (Å²) in [5.74, 6) is -0.406. The molecule has 1 aromatic heterocycles. The molecule has 0 radical (unpaired) electrons. The lowest BCUT2D eigenvalue weighted by Gasteiger charge is -2.33. The first kappa shape index (κ1) is 31.9. The number of benzene rings is 2. The van der Waals surface area contributed by atoms with Gasteiger partial charge in [-0.15, -0.1) is 0 Å². The van der Waals surface area contributed by atoms with Crippen molar-refractivity contribution in [2.75, 3.05) is 40.0 Å². The van der Waals surface area contributed by atoms with Gasteiger partial charge in [-0.1, -0.05) is 30.3 Å². The van der Waals surface area contributed by atoms with Crippen LogP contribution in [0, 0.1) is 6.92 Å². The van der Waals surface area contributed by atoms with Gasteiger partial charge in [-0.2, -0.15) is 0 Å². The Kier molecular flexibility index (Phi) is 10.3. The Morgan fingerprint density at radius 1 is 1.09 bits per heavy atom. The SMILES string of the molecule is COCCn1cc(C(=O)N2CCC(c3cc(CCNC(=O)OC(C)(C)C)ccc3OCC(=O)O)CC2)c2cccc(C)c21. The fraction of sp³-hybridized carbons (Fsp3) is 0.485. The van der Waals surface area contributed by atoms with Crippen LogP contribution in [0.3, 0.4) is 0 Å². The molecule has 1 fully saturated rings. The van der Waals surface area contributed by atoms with Crippen LogP contribution in [-0.4, -0.2) is 78.1 Å². The maximum absolute atomic E-state index is 13.8. The third-order valence-corrected chi connectivity index (χ3v) is 7.60. The highest BCUT2D eigenvalue weighted by atomic mass is 16.6. The topological polar surface area (TPSA) is 119 Å². The van der Waals surface area contributed by atoms with Crippen molar-refractivity contribution in [2.45, 2.75) is 65.0 Å². The van der Waals surface area contributed by atoms with Crippen molar-refractivity contribution in [3.63, 3.8) is 0 Å². The zero-order chi connectivity index (χ0) is 31.1. The fourth-order valence-electron chi connectivity index (χ4n) is 5.61. The molecule has 232 valence electrons. The lowest BCUT2D eigenvalue weighted by Crippen LogP contribution is -2.38. The van der Waals surface area contributed by atoms with Gasteiger partial charge >= 0.3 is 12.1 Å². The van der Waals surface area contributed by atoms with Crippen molar-refractivity contribution in [2.24, 2.45) is 0 Å². The largest absolute Gasteiger partial charge is 0.482 e. The summed E-state index contributed by atoms with van der Waals surface area (Å²) in [6.07, 6.45) is 3.49. The second-order valence-corrected chi connectivity index (χ2v) is 12.0. The summed E-state index contributed by atoms with van der Waals surface area (Å²) >= 11 is 0. The number of fused-ring (bicyclic) bond motifs is 1. The molecule has 2 heterocycles. The van der Waals surface area contributed by atoms with E-state index in [0.29, 0.717) is 50.5 Å². The van der Waals surface area contributed by atoms with E-state index in [0.717, 1.165) is 40.4 Å². The van der Waals surface area contributed by atoms with Crippen LogP contribution in [-0.2, 0) is 27.2 Å². The van der Waals surface area contributed by atoms with Gasteiger partial charge in [0.2, 0.25) is 0 Å². The van der Waals surface area contributed by atoms with Crippen molar-refractivity contribution in [1.82, 2.24) is 14.8 Å². The molecule has 43 heavy (non-hydrogen) atoms. The molecule has 0 unspecified atom stereocenters. The average Bonchev–Trinajstić information content (AvgIpc) is 3.33. The van der Waals surface area contributed by atoms with E-state index in [1.807, 2.05) is 56.1 Å². The predicted octanol–water partition coefficient (Wildman–Crippen LogP) is 5.15. The van der Waals surface area contributed by atoms with Gasteiger partial charge in [0.25, 0.3) is 5.91 Å². The molecule has 1 aliphatic heterocycles. The number of likely N-dealkylation sites (tertiary alicyclic amines) is 1. The van der Waals surface area contributed by atoms with Crippen LogP contribution in [0.2, 0.25) is 0 Å². The normalized spacial score (nSPS) is 14.1. The summed E-state index contributed by atoms with van der Waals surface area (Å²) in [5, 5.41) is 12.9. The minimum absolute atomic E-state index is 0.00883. The first-order valence-electron chi connectivity index (χ1n) is 14.8. The van der Waals surface area contributed by atoms with Crippen LogP contribution in [0.15, 0.2) is 42.6 Å². The number of para-hydroxylation sites is 1. The second kappa shape index (κ2) is 13.9. The lowest BCUT2D eigenvalue weighted by molar-refractivity contribution is -0.139. The van der Waals surface area contributed by atoms with E-state index in [-0.39, 0.29) is 11.8 Å². The van der Waals surface area contributed by atoms with Crippen LogP contribution in [0.25, 0.3) is 10.9 Å². The van der Waals surface area contributed by atoms with Gasteiger partial charge < -0.3 is 34.1 Å². The zero-order valence-corrected chi connectivity index (χ0v) is 25.8. The van der Waals surface area contributed by atoms with Gasteiger partial charge in [0.15, 0.2) is 6.61 Å². The van der Waals surface area contributed by atoms with Crippen molar-refractivity contribution >= 4 is 28.9 Å². The molecule has 2 amide bonds. The van der Waals surface area contributed by atoms with Crippen molar-refractivity contribution < 1.29 is 33.7 Å². The van der Waals surface area contributed by atoms with E-state index in [2.05, 4.69) is 22.9 Å². The van der Waals surface area contributed by atoms with E-state index in [1.165, 1.54) is 0 Å².